The smallest absolute Gasteiger partial charge is 0.263 e. The average Bonchev–Trinajstić information content (AvgIpc) is 2.88. The molecule has 0 aromatic heterocycles. The van der Waals surface area contributed by atoms with Crippen molar-refractivity contribution in [2.24, 2.45) is 5.41 Å². The highest BCUT2D eigenvalue weighted by Crippen LogP contribution is 2.52. The Morgan fingerprint density at radius 1 is 1.35 bits per heavy atom. The summed E-state index contributed by atoms with van der Waals surface area (Å²) in [6.07, 6.45) is 3.10. The van der Waals surface area contributed by atoms with E-state index in [1.807, 2.05) is 0 Å². The zero-order valence-electron chi connectivity index (χ0n) is 13.7. The van der Waals surface area contributed by atoms with Crippen LogP contribution in [0.1, 0.15) is 27.2 Å². The quantitative estimate of drug-likeness (QED) is 0.614. The second-order valence-electron chi connectivity index (χ2n) is 6.70. The van der Waals surface area contributed by atoms with Gasteiger partial charge < -0.3 is 19.7 Å². The van der Waals surface area contributed by atoms with Crippen molar-refractivity contribution in [3.63, 3.8) is 0 Å². The molecule has 1 aliphatic heterocycles. The van der Waals surface area contributed by atoms with E-state index in [4.69, 9.17) is 14.6 Å². The van der Waals surface area contributed by atoms with Crippen molar-refractivity contribution in [2.45, 2.75) is 45.0 Å². The number of halogens is 2. The summed E-state index contributed by atoms with van der Waals surface area (Å²) in [5, 5.41) is 19.9. The van der Waals surface area contributed by atoms with Crippen LogP contribution in [0.4, 0.5) is 8.78 Å². The van der Waals surface area contributed by atoms with E-state index in [9.17, 15) is 13.9 Å². The molecule has 0 amide bonds. The molecule has 1 aliphatic carbocycles. The molecule has 23 heavy (non-hydrogen) atoms. The highest BCUT2D eigenvalue weighted by atomic mass is 19.3. The monoisotopic (exact) mass is 330 g/mol. The van der Waals surface area contributed by atoms with Gasteiger partial charge >= 0.3 is 0 Å². The lowest BCUT2D eigenvalue weighted by Crippen LogP contribution is -2.55. The Balaban J connectivity index is 2.48. The molecule has 1 spiro atoms. The molecule has 2 aliphatic rings. The molecule has 0 bridgehead atoms. The average molecular weight is 330 g/mol. The zero-order valence-corrected chi connectivity index (χ0v) is 13.7. The Bertz CT molecular complexity index is 531. The Morgan fingerprint density at radius 3 is 2.48 bits per heavy atom. The Kier molecular flexibility index (Phi) is 5.11. The molecule has 2 rings (SSSR count). The van der Waals surface area contributed by atoms with Gasteiger partial charge in [-0.05, 0) is 19.1 Å². The predicted molar refractivity (Wildman–Crippen MR) is 82.1 cm³/mol. The minimum absolute atomic E-state index is 0.152. The van der Waals surface area contributed by atoms with Crippen LogP contribution in [-0.2, 0) is 9.47 Å². The molecule has 2 N–H and O–H groups in total. The van der Waals surface area contributed by atoms with Crippen LogP contribution < -0.4 is 0 Å². The van der Waals surface area contributed by atoms with Crippen molar-refractivity contribution in [2.75, 3.05) is 19.8 Å². The van der Waals surface area contributed by atoms with Gasteiger partial charge in [0.2, 0.25) is 0 Å². The van der Waals surface area contributed by atoms with Crippen LogP contribution >= 0.6 is 0 Å². The summed E-state index contributed by atoms with van der Waals surface area (Å²) in [5.74, 6) is -1.19. The van der Waals surface area contributed by atoms with Crippen LogP contribution in [-0.4, -0.2) is 47.8 Å². The number of alkyl halides is 2. The van der Waals surface area contributed by atoms with Crippen LogP contribution in [0.5, 0.6) is 0 Å². The second kappa shape index (κ2) is 6.43. The lowest BCUT2D eigenvalue weighted by molar-refractivity contribution is -0.175. The highest BCUT2D eigenvalue weighted by molar-refractivity contribution is 5.38. The molecule has 0 aromatic rings. The molecule has 6 heteroatoms. The van der Waals surface area contributed by atoms with Gasteiger partial charge in [-0.15, -0.1) is 0 Å². The lowest BCUT2D eigenvalue weighted by atomic mass is 9.63. The van der Waals surface area contributed by atoms with Crippen molar-refractivity contribution in [1.29, 1.82) is 0 Å². The summed E-state index contributed by atoms with van der Waals surface area (Å²) in [6, 6.07) is 0. The first-order valence-corrected chi connectivity index (χ1v) is 7.64. The highest BCUT2D eigenvalue weighted by Gasteiger charge is 2.57. The maximum absolute atomic E-state index is 13.6. The second-order valence-corrected chi connectivity index (χ2v) is 6.70. The third-order valence-corrected chi connectivity index (χ3v) is 4.55. The standard InChI is InChI=1S/C17H24F2O4/c1-12(5-7-20)4-6-17(21)13(14(18)19)10-16(11-15(17,2)3)22-8-9-23-16/h4-6,10,14,20-21H,7-9,11H2,1-3H3/b6-4+,12-5-. The molecular formula is C17H24F2O4. The number of hydrogen-bond acceptors (Lipinski definition) is 4. The number of allylic oxidation sites excluding steroid dienone is 2. The van der Waals surface area contributed by atoms with Gasteiger partial charge in [0.05, 0.1) is 19.8 Å². The van der Waals surface area contributed by atoms with Gasteiger partial charge in [-0.3, -0.25) is 0 Å². The molecule has 1 saturated heterocycles. The van der Waals surface area contributed by atoms with E-state index in [0.29, 0.717) is 18.8 Å². The van der Waals surface area contributed by atoms with Crippen molar-refractivity contribution in [1.82, 2.24) is 0 Å². The first-order valence-electron chi connectivity index (χ1n) is 7.64. The fourth-order valence-corrected chi connectivity index (χ4v) is 3.21. The summed E-state index contributed by atoms with van der Waals surface area (Å²) in [5.41, 5.74) is -2.48. The van der Waals surface area contributed by atoms with E-state index >= 15 is 0 Å². The van der Waals surface area contributed by atoms with Gasteiger partial charge in [0.1, 0.15) is 5.60 Å². The maximum atomic E-state index is 13.6. The minimum Gasteiger partial charge on any atom is -0.392 e. The van der Waals surface area contributed by atoms with E-state index in [2.05, 4.69) is 0 Å². The van der Waals surface area contributed by atoms with E-state index in [1.54, 1.807) is 26.8 Å². The molecule has 0 radical (unpaired) electrons. The Hall–Kier alpha value is -1.08. The van der Waals surface area contributed by atoms with Crippen molar-refractivity contribution >= 4 is 0 Å². The molecule has 1 heterocycles. The van der Waals surface area contributed by atoms with E-state index in [0.717, 1.165) is 0 Å². The van der Waals surface area contributed by atoms with Gasteiger partial charge in [-0.1, -0.05) is 31.6 Å². The van der Waals surface area contributed by atoms with Crippen LogP contribution in [0, 0.1) is 5.41 Å². The maximum Gasteiger partial charge on any atom is 0.263 e. The normalized spacial score (nSPS) is 30.4. The third-order valence-electron chi connectivity index (χ3n) is 4.55. The predicted octanol–water partition coefficient (Wildman–Crippen LogP) is 2.58. The molecule has 4 nitrogen and oxygen atoms in total. The minimum atomic E-state index is -2.84. The summed E-state index contributed by atoms with van der Waals surface area (Å²) in [6.45, 7) is 5.68. The summed E-state index contributed by atoms with van der Waals surface area (Å²) >= 11 is 0. The zero-order chi connectivity index (χ0) is 17.3. The summed E-state index contributed by atoms with van der Waals surface area (Å²) < 4.78 is 38.4. The largest absolute Gasteiger partial charge is 0.392 e. The lowest BCUT2D eigenvalue weighted by Gasteiger charge is -2.49. The van der Waals surface area contributed by atoms with Crippen molar-refractivity contribution in [3.05, 3.63) is 35.5 Å². The van der Waals surface area contributed by atoms with Crippen LogP contribution in [0.15, 0.2) is 35.5 Å². The fourth-order valence-electron chi connectivity index (χ4n) is 3.21. The number of aliphatic hydroxyl groups is 2. The van der Waals surface area contributed by atoms with Gasteiger partial charge in [-0.2, -0.15) is 0 Å². The van der Waals surface area contributed by atoms with Gasteiger partial charge in [0.15, 0.2) is 5.79 Å². The van der Waals surface area contributed by atoms with Gasteiger partial charge in [-0.25, -0.2) is 8.78 Å². The number of ether oxygens (including phenoxy) is 2. The number of hydrogen-bond donors (Lipinski definition) is 2. The fraction of sp³-hybridized carbons (Fsp3) is 0.647. The van der Waals surface area contributed by atoms with E-state index in [-0.39, 0.29) is 13.0 Å². The number of rotatable bonds is 4. The number of aliphatic hydroxyl groups excluding tert-OH is 1. The van der Waals surface area contributed by atoms with Gasteiger partial charge in [0.25, 0.3) is 6.43 Å². The molecule has 0 saturated carbocycles. The SMILES string of the molecule is CC(=C/CO)/C=C/C1(O)C(C(F)F)=CC2(CC1(C)C)OCCO2. The molecule has 1 fully saturated rings. The first kappa shape index (κ1) is 18.3. The van der Waals surface area contributed by atoms with E-state index in [1.165, 1.54) is 18.2 Å². The van der Waals surface area contributed by atoms with Crippen LogP contribution in [0.25, 0.3) is 0 Å². The molecule has 1 atom stereocenters. The Morgan fingerprint density at radius 2 is 1.96 bits per heavy atom. The van der Waals surface area contributed by atoms with Crippen LogP contribution in [0.3, 0.4) is 0 Å². The summed E-state index contributed by atoms with van der Waals surface area (Å²) in [7, 11) is 0. The first-order chi connectivity index (χ1) is 10.7. The topological polar surface area (TPSA) is 58.9 Å². The molecule has 1 unspecified atom stereocenters. The third kappa shape index (κ3) is 3.40. The van der Waals surface area contributed by atoms with Crippen LogP contribution in [0.2, 0.25) is 0 Å². The molecule has 0 aromatic carbocycles. The van der Waals surface area contributed by atoms with Crippen molar-refractivity contribution in [3.8, 4) is 0 Å². The van der Waals surface area contributed by atoms with E-state index < -0.39 is 28.8 Å². The molecular weight excluding hydrogens is 306 g/mol. The van der Waals surface area contributed by atoms with Gasteiger partial charge in [0, 0.05) is 17.4 Å². The van der Waals surface area contributed by atoms with Crippen molar-refractivity contribution < 1.29 is 28.5 Å². The Labute approximate surface area is 135 Å². The molecule has 130 valence electrons. The summed E-state index contributed by atoms with van der Waals surface area (Å²) in [4.78, 5) is 0.